The van der Waals surface area contributed by atoms with Crippen molar-refractivity contribution in [1.29, 1.82) is 0 Å². The van der Waals surface area contributed by atoms with Crippen molar-refractivity contribution in [2.24, 2.45) is 5.10 Å². The predicted molar refractivity (Wildman–Crippen MR) is 136 cm³/mol. The van der Waals surface area contributed by atoms with E-state index in [9.17, 15) is 9.59 Å². The third-order valence-corrected chi connectivity index (χ3v) is 5.36. The lowest BCUT2D eigenvalue weighted by Gasteiger charge is -2.14. The summed E-state index contributed by atoms with van der Waals surface area (Å²) in [5, 5.41) is 6.49. The van der Waals surface area contributed by atoms with Gasteiger partial charge in [-0.15, -0.1) is 0 Å². The van der Waals surface area contributed by atoms with Crippen molar-refractivity contribution < 1.29 is 19.1 Å². The third kappa shape index (κ3) is 6.92. The molecule has 0 saturated heterocycles. The number of rotatable bonds is 8. The summed E-state index contributed by atoms with van der Waals surface area (Å²) in [7, 11) is 0. The number of ether oxygens (including phenoxy) is 2. The highest BCUT2D eigenvalue weighted by Gasteiger charge is 2.15. The zero-order valence-electron chi connectivity index (χ0n) is 19.2. The second-order valence-electron chi connectivity index (χ2n) is 7.51. The summed E-state index contributed by atoms with van der Waals surface area (Å²) in [5.74, 6) is -0.569. The molecule has 3 rings (SSSR count). The minimum Gasteiger partial charge on any atom is -0.490 e. The van der Waals surface area contributed by atoms with Crippen LogP contribution in [0.5, 0.6) is 11.5 Å². The number of nitrogens with zero attached hydrogens (tertiary/aromatic N) is 1. The summed E-state index contributed by atoms with van der Waals surface area (Å²) in [6.07, 6.45) is 1.43. The van der Waals surface area contributed by atoms with E-state index >= 15 is 0 Å². The van der Waals surface area contributed by atoms with E-state index in [-0.39, 0.29) is 0 Å². The maximum Gasteiger partial charge on any atom is 0.329 e. The fourth-order valence-corrected chi connectivity index (χ4v) is 3.72. The Hall–Kier alpha value is -3.65. The van der Waals surface area contributed by atoms with Crippen molar-refractivity contribution in [3.63, 3.8) is 0 Å². The Morgan fingerprint density at radius 2 is 1.76 bits per heavy atom. The summed E-state index contributed by atoms with van der Waals surface area (Å²) < 4.78 is 12.4. The first-order valence-electron chi connectivity index (χ1n) is 10.7. The molecular weight excluding hydrogens is 498 g/mol. The van der Waals surface area contributed by atoms with Crippen molar-refractivity contribution >= 4 is 39.6 Å². The summed E-state index contributed by atoms with van der Waals surface area (Å²) in [6.45, 7) is 6.53. The highest BCUT2D eigenvalue weighted by molar-refractivity contribution is 9.10. The normalized spacial score (nSPS) is 10.7. The topological polar surface area (TPSA) is 89.0 Å². The SMILES string of the molecule is CCOc1cc(C=NNC(=O)C(=O)Nc2ccc(C)cc2C)cc(Br)c1OCc1ccccc1. The molecule has 0 unspecified atom stereocenters. The zero-order chi connectivity index (χ0) is 24.5. The minimum absolute atomic E-state index is 0.387. The van der Waals surface area contributed by atoms with Crippen molar-refractivity contribution in [2.75, 3.05) is 11.9 Å². The molecule has 0 saturated carbocycles. The van der Waals surface area contributed by atoms with Crippen LogP contribution in [0.2, 0.25) is 0 Å². The van der Waals surface area contributed by atoms with Crippen molar-refractivity contribution in [3.05, 3.63) is 87.4 Å². The van der Waals surface area contributed by atoms with Gasteiger partial charge in [0, 0.05) is 5.69 Å². The van der Waals surface area contributed by atoms with Gasteiger partial charge < -0.3 is 14.8 Å². The van der Waals surface area contributed by atoms with Crippen LogP contribution in [0.25, 0.3) is 0 Å². The van der Waals surface area contributed by atoms with Crippen LogP contribution in [-0.2, 0) is 16.2 Å². The van der Waals surface area contributed by atoms with Crippen molar-refractivity contribution in [1.82, 2.24) is 5.43 Å². The number of aryl methyl sites for hydroxylation is 2. The van der Waals surface area contributed by atoms with Gasteiger partial charge in [-0.05, 0) is 71.6 Å². The number of hydrogen-bond acceptors (Lipinski definition) is 5. The predicted octanol–water partition coefficient (Wildman–Crippen LogP) is 5.13. The first-order chi connectivity index (χ1) is 16.4. The molecule has 3 aromatic carbocycles. The summed E-state index contributed by atoms with van der Waals surface area (Å²) in [6, 6.07) is 18.9. The van der Waals surface area contributed by atoms with Gasteiger partial charge in [0.1, 0.15) is 6.61 Å². The highest BCUT2D eigenvalue weighted by atomic mass is 79.9. The fourth-order valence-electron chi connectivity index (χ4n) is 3.14. The monoisotopic (exact) mass is 523 g/mol. The molecule has 0 heterocycles. The average Bonchev–Trinajstić information content (AvgIpc) is 2.81. The molecule has 176 valence electrons. The number of anilines is 1. The Bertz CT molecular complexity index is 1200. The number of hydrazone groups is 1. The molecule has 2 amide bonds. The van der Waals surface area contributed by atoms with E-state index in [1.807, 2.05) is 63.2 Å². The zero-order valence-corrected chi connectivity index (χ0v) is 20.8. The smallest absolute Gasteiger partial charge is 0.329 e. The van der Waals surface area contributed by atoms with Gasteiger partial charge in [-0.25, -0.2) is 5.43 Å². The molecule has 34 heavy (non-hydrogen) atoms. The van der Waals surface area contributed by atoms with Crippen LogP contribution >= 0.6 is 15.9 Å². The lowest BCUT2D eigenvalue weighted by Crippen LogP contribution is -2.32. The maximum absolute atomic E-state index is 12.2. The summed E-state index contributed by atoms with van der Waals surface area (Å²) in [4.78, 5) is 24.3. The molecule has 7 nitrogen and oxygen atoms in total. The van der Waals surface area contributed by atoms with E-state index in [1.165, 1.54) is 6.21 Å². The molecule has 8 heteroatoms. The Kier molecular flexibility index (Phi) is 8.81. The number of hydrogen-bond donors (Lipinski definition) is 2. The average molecular weight is 524 g/mol. The van der Waals surface area contributed by atoms with E-state index in [2.05, 4.69) is 31.8 Å². The van der Waals surface area contributed by atoms with Gasteiger partial charge in [0.05, 0.1) is 17.3 Å². The number of carbonyl (C=O) groups excluding carboxylic acids is 2. The lowest BCUT2D eigenvalue weighted by molar-refractivity contribution is -0.136. The van der Waals surface area contributed by atoms with Gasteiger partial charge in [-0.1, -0.05) is 48.0 Å². The molecule has 0 aliphatic rings. The second-order valence-corrected chi connectivity index (χ2v) is 8.36. The molecule has 0 radical (unpaired) electrons. The molecule has 0 spiro atoms. The molecule has 0 aromatic heterocycles. The molecule has 0 atom stereocenters. The number of benzene rings is 3. The van der Waals surface area contributed by atoms with Crippen molar-refractivity contribution in [2.45, 2.75) is 27.4 Å². The van der Waals surface area contributed by atoms with Crippen LogP contribution in [-0.4, -0.2) is 24.6 Å². The molecule has 0 fully saturated rings. The summed E-state index contributed by atoms with van der Waals surface area (Å²) in [5.41, 5.74) is 6.44. The minimum atomic E-state index is -0.872. The Morgan fingerprint density at radius 1 is 1.00 bits per heavy atom. The number of nitrogens with one attached hydrogen (secondary N) is 2. The van der Waals surface area contributed by atoms with Crippen molar-refractivity contribution in [3.8, 4) is 11.5 Å². The van der Waals surface area contributed by atoms with Gasteiger partial charge in [-0.3, -0.25) is 9.59 Å². The van der Waals surface area contributed by atoms with Gasteiger partial charge in [0.25, 0.3) is 0 Å². The quantitative estimate of drug-likeness (QED) is 0.243. The van der Waals surface area contributed by atoms with E-state index in [1.54, 1.807) is 18.2 Å². The molecule has 0 aliphatic heterocycles. The van der Waals surface area contributed by atoms with Gasteiger partial charge in [-0.2, -0.15) is 5.10 Å². The molecular formula is C26H26BrN3O4. The van der Waals surface area contributed by atoms with E-state index < -0.39 is 11.8 Å². The maximum atomic E-state index is 12.2. The molecule has 0 bridgehead atoms. The van der Waals surface area contributed by atoms with Crippen LogP contribution in [0.1, 0.15) is 29.2 Å². The first-order valence-corrected chi connectivity index (χ1v) is 11.5. The number of carbonyl (C=O) groups is 2. The molecule has 3 aromatic rings. The first kappa shape index (κ1) is 25.0. The van der Waals surface area contributed by atoms with E-state index in [4.69, 9.17) is 9.47 Å². The van der Waals surface area contributed by atoms with E-state index in [0.29, 0.717) is 40.4 Å². The Balaban J connectivity index is 1.65. The Labute approximate surface area is 207 Å². The van der Waals surface area contributed by atoms with Crippen LogP contribution in [0.15, 0.2) is 70.2 Å². The lowest BCUT2D eigenvalue weighted by atomic mass is 10.1. The van der Waals surface area contributed by atoms with Crippen LogP contribution in [0, 0.1) is 13.8 Å². The van der Waals surface area contributed by atoms with Crippen LogP contribution in [0.4, 0.5) is 5.69 Å². The van der Waals surface area contributed by atoms with Crippen LogP contribution < -0.4 is 20.2 Å². The standard InChI is InChI=1S/C26H26BrN3O4/c1-4-33-23-14-20(13-21(27)24(23)34-16-19-8-6-5-7-9-19)15-28-30-26(32)25(31)29-22-11-10-17(2)12-18(22)3/h5-15H,4,16H2,1-3H3,(H,29,31)(H,30,32). The van der Waals surface area contributed by atoms with E-state index in [0.717, 1.165) is 16.7 Å². The highest BCUT2D eigenvalue weighted by Crippen LogP contribution is 2.37. The number of amides is 2. The largest absolute Gasteiger partial charge is 0.490 e. The van der Waals surface area contributed by atoms with Gasteiger partial charge in [0.15, 0.2) is 11.5 Å². The Morgan fingerprint density at radius 3 is 2.47 bits per heavy atom. The molecule has 0 aliphatic carbocycles. The third-order valence-electron chi connectivity index (χ3n) is 4.77. The fraction of sp³-hybridized carbons (Fsp3) is 0.192. The summed E-state index contributed by atoms with van der Waals surface area (Å²) >= 11 is 3.52. The van der Waals surface area contributed by atoms with Gasteiger partial charge in [0.2, 0.25) is 0 Å². The van der Waals surface area contributed by atoms with Crippen LogP contribution in [0.3, 0.4) is 0 Å². The van der Waals surface area contributed by atoms with Gasteiger partial charge >= 0.3 is 11.8 Å². The number of halogens is 1. The second kappa shape index (κ2) is 12.0. The molecule has 2 N–H and O–H groups in total.